The molecule has 2 fully saturated rings. The number of rotatable bonds is 13. The van der Waals surface area contributed by atoms with Crippen molar-refractivity contribution in [3.63, 3.8) is 0 Å². The summed E-state index contributed by atoms with van der Waals surface area (Å²) in [6, 6.07) is 0. The van der Waals surface area contributed by atoms with Gasteiger partial charge in [0.15, 0.2) is 35.1 Å². The van der Waals surface area contributed by atoms with Gasteiger partial charge in [-0.1, -0.05) is 13.0 Å². The van der Waals surface area contributed by atoms with Crippen molar-refractivity contribution in [2.75, 3.05) is 13.7 Å². The lowest BCUT2D eigenvalue weighted by atomic mass is 9.74. The average molecular weight is 759 g/mol. The summed E-state index contributed by atoms with van der Waals surface area (Å²) in [6.45, 7) is 6.11. The lowest BCUT2D eigenvalue weighted by Gasteiger charge is -2.52. The molecule has 288 valence electrons. The van der Waals surface area contributed by atoms with Gasteiger partial charge in [-0.3, -0.25) is 19.8 Å². The van der Waals surface area contributed by atoms with E-state index in [0.717, 1.165) is 6.92 Å². The van der Waals surface area contributed by atoms with Gasteiger partial charge in [-0.25, -0.2) is 9.59 Å². The van der Waals surface area contributed by atoms with Gasteiger partial charge in [-0.2, -0.15) is 4.99 Å². The number of aliphatic hydroxyl groups is 4. The first-order valence-electron chi connectivity index (χ1n) is 16.0. The highest BCUT2D eigenvalue weighted by Crippen LogP contribution is 2.42. The van der Waals surface area contributed by atoms with Crippen molar-refractivity contribution < 1.29 is 82.7 Å². The number of ketones is 1. The summed E-state index contributed by atoms with van der Waals surface area (Å²) < 4.78 is 39.6. The second-order valence-electron chi connectivity index (χ2n) is 12.2. The summed E-state index contributed by atoms with van der Waals surface area (Å²) >= 11 is 4.59. The lowest BCUT2D eigenvalue weighted by molar-refractivity contribution is -0.345. The number of ether oxygens (including phenoxy) is 7. The minimum Gasteiger partial charge on any atom is -0.508 e. The van der Waals surface area contributed by atoms with E-state index >= 15 is 0 Å². The molecule has 0 aromatic heterocycles. The maximum Gasteiger partial charge on any atom is 0.357 e. The first-order chi connectivity index (χ1) is 24.3. The molecule has 0 saturated carbocycles. The largest absolute Gasteiger partial charge is 0.508 e. The van der Waals surface area contributed by atoms with Gasteiger partial charge in [0, 0.05) is 26.9 Å². The fraction of sp³-hybridized carbons (Fsp3) is 0.656. The molecular weight excluding hydrogens is 716 g/mol. The number of methoxy groups -OCH3 is 1. The predicted octanol–water partition coefficient (Wildman–Crippen LogP) is -0.176. The second kappa shape index (κ2) is 17.2. The average Bonchev–Trinajstić information content (AvgIpc) is 3.08. The van der Waals surface area contributed by atoms with Crippen LogP contribution in [0, 0.1) is 5.41 Å². The van der Waals surface area contributed by atoms with Gasteiger partial charge in [0.05, 0.1) is 23.8 Å². The first kappa shape index (κ1) is 42.4. The normalized spacial score (nSPS) is 34.5. The molecule has 2 heterocycles. The zero-order chi connectivity index (χ0) is 39.3. The van der Waals surface area contributed by atoms with Gasteiger partial charge in [0.25, 0.3) is 0 Å². The topological polar surface area (TPSA) is 287 Å². The number of carbonyl (C=O) groups is 5. The van der Waals surface area contributed by atoms with Crippen LogP contribution in [0.1, 0.15) is 53.9 Å². The van der Waals surface area contributed by atoms with Crippen molar-refractivity contribution in [3.8, 4) is 0 Å². The Balaban J connectivity index is 2.16. The zero-order valence-electron chi connectivity index (χ0n) is 29.1. The van der Waals surface area contributed by atoms with E-state index in [9.17, 15) is 49.5 Å². The number of hydrogen-bond acceptors (Lipinski definition) is 19. The van der Waals surface area contributed by atoms with Gasteiger partial charge >= 0.3 is 23.9 Å². The zero-order valence-corrected chi connectivity index (χ0v) is 29.9. The fourth-order valence-corrected chi connectivity index (χ4v) is 6.38. The Kier molecular flexibility index (Phi) is 14.1. The van der Waals surface area contributed by atoms with Crippen molar-refractivity contribution in [1.29, 1.82) is 5.41 Å². The lowest BCUT2D eigenvalue weighted by Crippen LogP contribution is -2.70. The number of hydrogen-bond donors (Lipinski definition) is 6. The number of Topliss-reactive ketones (excluding diaryl/α,β-unsaturated/α-hetero) is 1. The van der Waals surface area contributed by atoms with Crippen molar-refractivity contribution >= 4 is 52.8 Å². The molecule has 6 N–H and O–H groups in total. The molecule has 0 spiro atoms. The van der Waals surface area contributed by atoms with Gasteiger partial charge in [-0.05, 0) is 33.0 Å². The molecule has 0 radical (unpaired) electrons. The molecular formula is C32H42N2O17S. The van der Waals surface area contributed by atoms with E-state index in [2.05, 4.69) is 17.2 Å². The number of carbonyl (C=O) groups excluding carboxylic acids is 4. The summed E-state index contributed by atoms with van der Waals surface area (Å²) in [6.07, 6.45) is -14.9. The highest BCUT2D eigenvalue weighted by Gasteiger charge is 2.62. The molecule has 3 rings (SSSR count). The summed E-state index contributed by atoms with van der Waals surface area (Å²) in [4.78, 5) is 65.6. The van der Waals surface area contributed by atoms with Crippen molar-refractivity contribution in [3.05, 3.63) is 23.1 Å². The summed E-state index contributed by atoms with van der Waals surface area (Å²) in [5, 5.41) is 65.8. The SMILES string of the molecule is C/C=C(/N=C=S)C(=O)O[C@@H]1[C@@H](O[C@@H]2C[C@H](OC)[C@@](O)([C@H](C)OC(=O)CC)[C@@H](C)O2)[C@@H](O)[C@H]([C@]2(O)CC(=O)C(=N)C(C(=O)O)=C2O)O[C@@H]1COC(C)=O. The van der Waals surface area contributed by atoms with E-state index in [1.807, 2.05) is 5.16 Å². The first-order valence-corrected chi connectivity index (χ1v) is 16.4. The highest BCUT2D eigenvalue weighted by atomic mass is 32.1. The van der Waals surface area contributed by atoms with Crippen LogP contribution < -0.4 is 0 Å². The summed E-state index contributed by atoms with van der Waals surface area (Å²) in [7, 11) is 1.26. The molecule has 2 saturated heterocycles. The van der Waals surface area contributed by atoms with Gasteiger partial charge < -0.3 is 58.7 Å². The van der Waals surface area contributed by atoms with E-state index in [0.29, 0.717) is 0 Å². The maximum atomic E-state index is 13.3. The molecule has 52 heavy (non-hydrogen) atoms. The van der Waals surface area contributed by atoms with Crippen LogP contribution in [-0.4, -0.2) is 146 Å². The van der Waals surface area contributed by atoms with Crippen LogP contribution in [-0.2, 0) is 57.1 Å². The number of isothiocyanates is 1. The number of carboxylic acid groups (broad SMARTS) is 1. The number of allylic oxidation sites excluding steroid dienone is 1. The molecule has 1 aliphatic carbocycles. The molecule has 11 atom stereocenters. The number of aliphatic hydroxyl groups excluding tert-OH is 2. The third-order valence-corrected chi connectivity index (χ3v) is 9.15. The molecule has 0 aromatic rings. The fourth-order valence-electron chi connectivity index (χ4n) is 6.28. The van der Waals surface area contributed by atoms with Crippen molar-refractivity contribution in [2.24, 2.45) is 4.99 Å². The van der Waals surface area contributed by atoms with Crippen LogP contribution >= 0.6 is 12.2 Å². The number of carboxylic acids is 1. The van der Waals surface area contributed by atoms with E-state index in [1.165, 1.54) is 34.0 Å². The number of esters is 3. The number of nitrogens with zero attached hydrogens (tertiary/aromatic N) is 1. The minimum absolute atomic E-state index is 0.0129. The monoisotopic (exact) mass is 758 g/mol. The van der Waals surface area contributed by atoms with Gasteiger partial charge in [0.1, 0.15) is 54.2 Å². The Hall–Kier alpha value is -3.98. The van der Waals surface area contributed by atoms with E-state index < -0.39 is 126 Å². The number of nitrogens with one attached hydrogen (secondary N) is 1. The quantitative estimate of drug-likeness (QED) is 0.0467. The van der Waals surface area contributed by atoms with Crippen LogP contribution in [0.5, 0.6) is 0 Å². The maximum absolute atomic E-state index is 13.3. The van der Waals surface area contributed by atoms with Crippen LogP contribution in [0.4, 0.5) is 0 Å². The Morgan fingerprint density at radius 3 is 2.40 bits per heavy atom. The van der Waals surface area contributed by atoms with Gasteiger partial charge in [-0.15, -0.1) is 0 Å². The molecule has 0 unspecified atom stereocenters. The molecule has 0 amide bonds. The summed E-state index contributed by atoms with van der Waals surface area (Å²) in [5.74, 6) is -7.22. The Morgan fingerprint density at radius 2 is 1.87 bits per heavy atom. The number of aliphatic carboxylic acids is 1. The van der Waals surface area contributed by atoms with E-state index in [4.69, 9.17) is 38.6 Å². The predicted molar refractivity (Wildman–Crippen MR) is 175 cm³/mol. The highest BCUT2D eigenvalue weighted by molar-refractivity contribution is 7.78. The summed E-state index contributed by atoms with van der Waals surface area (Å²) in [5.41, 5.74) is -7.72. The molecule has 0 bridgehead atoms. The molecule has 19 nitrogen and oxygen atoms in total. The van der Waals surface area contributed by atoms with E-state index in [-0.39, 0.29) is 18.5 Å². The molecule has 3 aliphatic rings. The van der Waals surface area contributed by atoms with Crippen LogP contribution in [0.25, 0.3) is 0 Å². The number of thiocarbonyl (C=S) groups is 1. The molecule has 2 aliphatic heterocycles. The Labute approximate surface area is 302 Å². The van der Waals surface area contributed by atoms with Crippen LogP contribution in [0.2, 0.25) is 0 Å². The third kappa shape index (κ3) is 8.46. The van der Waals surface area contributed by atoms with Crippen LogP contribution in [0.3, 0.4) is 0 Å². The standard InChI is InChI=1S/C32H42N2O17S/c1-7-16(34-12-52)30(42)51-25-18(11-46-15(5)35)49-28(31(43)10-17(36)23(33)22(27(31)39)29(40)41)24(38)26(25)50-21-9-19(45-6)32(44,14(4)48-21)13(3)47-20(37)8-2/h7,13-14,18-19,21,24-26,28,33,38-39,43-44H,8-11H2,1-6H3,(H,40,41)/b16-7+,33-23?/t13-,14+,18+,19-,21+,24+,25-,26-,28+,31-,32+/m0/s1. The van der Waals surface area contributed by atoms with Crippen molar-refractivity contribution in [2.45, 2.75) is 120 Å². The Morgan fingerprint density at radius 1 is 1.21 bits per heavy atom. The van der Waals surface area contributed by atoms with E-state index in [1.54, 1.807) is 6.92 Å². The third-order valence-electron chi connectivity index (χ3n) is 9.06. The van der Waals surface area contributed by atoms with Crippen LogP contribution in [0.15, 0.2) is 28.1 Å². The molecule has 20 heteroatoms. The molecule has 0 aromatic carbocycles. The Bertz CT molecular complexity index is 1560. The minimum atomic E-state index is -3.02. The smallest absolute Gasteiger partial charge is 0.357 e. The van der Waals surface area contributed by atoms with Gasteiger partial charge in [0.2, 0.25) is 0 Å². The van der Waals surface area contributed by atoms with Crippen molar-refractivity contribution in [1.82, 2.24) is 0 Å². The second-order valence-corrected chi connectivity index (χ2v) is 12.4. The number of aliphatic imine (C=N–C) groups is 1.